The van der Waals surface area contributed by atoms with Crippen molar-refractivity contribution in [3.8, 4) is 5.75 Å². The van der Waals surface area contributed by atoms with Gasteiger partial charge in [-0.15, -0.1) is 0 Å². The predicted molar refractivity (Wildman–Crippen MR) is 88.9 cm³/mol. The van der Waals surface area contributed by atoms with Crippen molar-refractivity contribution in [2.75, 3.05) is 12.4 Å². The molecule has 23 heavy (non-hydrogen) atoms. The highest BCUT2D eigenvalue weighted by molar-refractivity contribution is 5.93. The van der Waals surface area contributed by atoms with Crippen molar-refractivity contribution in [2.24, 2.45) is 0 Å². The lowest BCUT2D eigenvalue weighted by Gasteiger charge is -2.06. The molecule has 2 aromatic carbocycles. The lowest BCUT2D eigenvalue weighted by molar-refractivity contribution is -0.116. The average molecular weight is 311 g/mol. The van der Waals surface area contributed by atoms with Crippen LogP contribution in [0.1, 0.15) is 12.0 Å². The number of rotatable bonds is 5. The van der Waals surface area contributed by atoms with Crippen LogP contribution in [0.15, 0.2) is 47.3 Å². The third-order valence-electron chi connectivity index (χ3n) is 3.57. The van der Waals surface area contributed by atoms with Crippen LogP contribution in [0.4, 0.5) is 5.69 Å². The second-order valence-corrected chi connectivity index (χ2v) is 5.24. The molecule has 0 unspecified atom stereocenters. The van der Waals surface area contributed by atoms with Crippen molar-refractivity contribution in [3.63, 3.8) is 0 Å². The highest BCUT2D eigenvalue weighted by Gasteiger charge is 2.06. The number of carbonyl (C=O) groups excluding carboxylic acids is 1. The number of methoxy groups -OCH3 is 1. The first-order chi connectivity index (χ1) is 11.1. The fourth-order valence-electron chi connectivity index (χ4n) is 2.42. The Hall–Kier alpha value is -3.02. The van der Waals surface area contributed by atoms with Crippen molar-refractivity contribution >= 4 is 22.6 Å². The Labute approximate surface area is 132 Å². The quantitative estimate of drug-likeness (QED) is 0.676. The zero-order valence-corrected chi connectivity index (χ0v) is 12.7. The van der Waals surface area contributed by atoms with Crippen LogP contribution in [0.5, 0.6) is 5.75 Å². The molecule has 1 amide bonds. The predicted octanol–water partition coefficient (Wildman–Crippen LogP) is 2.44. The summed E-state index contributed by atoms with van der Waals surface area (Å²) in [6.45, 7) is 0. The highest BCUT2D eigenvalue weighted by atomic mass is 16.5. The molecule has 0 radical (unpaired) electrons. The molecule has 118 valence electrons. The first-order valence-corrected chi connectivity index (χ1v) is 7.29. The monoisotopic (exact) mass is 311 g/mol. The van der Waals surface area contributed by atoms with E-state index in [1.807, 2.05) is 24.3 Å². The van der Waals surface area contributed by atoms with Crippen molar-refractivity contribution < 1.29 is 9.53 Å². The Morgan fingerprint density at radius 1 is 1.13 bits per heavy atom. The number of benzene rings is 2. The van der Waals surface area contributed by atoms with Crippen LogP contribution in [0.3, 0.4) is 0 Å². The molecule has 1 heterocycles. The Bertz CT molecular complexity index is 895. The maximum absolute atomic E-state index is 12.1. The second-order valence-electron chi connectivity index (χ2n) is 5.24. The van der Waals surface area contributed by atoms with Gasteiger partial charge in [-0.1, -0.05) is 12.1 Å². The molecule has 0 fully saturated rings. The number of nitrogens with one attached hydrogen (secondary N) is 3. The molecule has 6 heteroatoms. The van der Waals surface area contributed by atoms with E-state index in [4.69, 9.17) is 4.74 Å². The molecule has 0 atom stereocenters. The molecule has 0 saturated carbocycles. The zero-order valence-electron chi connectivity index (χ0n) is 12.7. The number of aryl methyl sites for hydroxylation is 1. The van der Waals surface area contributed by atoms with Crippen LogP contribution in [0.2, 0.25) is 0 Å². The largest absolute Gasteiger partial charge is 0.497 e. The number of anilines is 1. The van der Waals surface area contributed by atoms with Crippen LogP contribution in [0, 0.1) is 0 Å². The lowest BCUT2D eigenvalue weighted by atomic mass is 10.1. The maximum Gasteiger partial charge on any atom is 0.323 e. The smallest absolute Gasteiger partial charge is 0.323 e. The standard InChI is InChI=1S/C17H17N3O3/c1-23-13-4-2-3-11(9-13)5-8-16(21)18-12-6-7-14-15(10-12)20-17(22)19-14/h2-4,6-7,9-10H,5,8H2,1H3,(H,18,21)(H2,19,20,22). The van der Waals surface area contributed by atoms with Gasteiger partial charge in [-0.05, 0) is 42.3 Å². The number of fused-ring (bicyclic) bond motifs is 1. The molecule has 3 N–H and O–H groups in total. The summed E-state index contributed by atoms with van der Waals surface area (Å²) in [5.74, 6) is 0.704. The minimum absolute atomic E-state index is 0.0787. The molecule has 0 aliphatic heterocycles. The summed E-state index contributed by atoms with van der Waals surface area (Å²) in [5, 5.41) is 2.84. The van der Waals surface area contributed by atoms with Gasteiger partial charge in [0.2, 0.25) is 5.91 Å². The van der Waals surface area contributed by atoms with Gasteiger partial charge in [0.05, 0.1) is 18.1 Å². The SMILES string of the molecule is COc1cccc(CCC(=O)Nc2ccc3[nH]c(=O)[nH]c3c2)c1. The fourth-order valence-corrected chi connectivity index (χ4v) is 2.42. The molecule has 0 saturated heterocycles. The van der Waals surface area contributed by atoms with E-state index in [1.165, 1.54) is 0 Å². The van der Waals surface area contributed by atoms with Gasteiger partial charge in [-0.3, -0.25) is 4.79 Å². The highest BCUT2D eigenvalue weighted by Crippen LogP contribution is 2.16. The van der Waals surface area contributed by atoms with Gasteiger partial charge in [-0.2, -0.15) is 0 Å². The third kappa shape index (κ3) is 3.60. The summed E-state index contributed by atoms with van der Waals surface area (Å²) in [6, 6.07) is 12.9. The number of aromatic nitrogens is 2. The van der Waals surface area contributed by atoms with E-state index in [1.54, 1.807) is 25.3 Å². The second kappa shape index (κ2) is 6.39. The van der Waals surface area contributed by atoms with Gasteiger partial charge in [-0.25, -0.2) is 4.79 Å². The maximum atomic E-state index is 12.1. The summed E-state index contributed by atoms with van der Waals surface area (Å²) in [6.07, 6.45) is 1.00. The van der Waals surface area contributed by atoms with Crippen LogP contribution >= 0.6 is 0 Å². The van der Waals surface area contributed by atoms with Gasteiger partial charge in [0.15, 0.2) is 0 Å². The van der Waals surface area contributed by atoms with Gasteiger partial charge >= 0.3 is 5.69 Å². The third-order valence-corrected chi connectivity index (χ3v) is 3.57. The van der Waals surface area contributed by atoms with Crippen molar-refractivity contribution in [1.29, 1.82) is 0 Å². The van der Waals surface area contributed by atoms with E-state index in [2.05, 4.69) is 15.3 Å². The minimum Gasteiger partial charge on any atom is -0.497 e. The molecule has 3 rings (SSSR count). The Kier molecular flexibility index (Phi) is 4.14. The topological polar surface area (TPSA) is 87.0 Å². The summed E-state index contributed by atoms with van der Waals surface area (Å²) in [4.78, 5) is 28.6. The van der Waals surface area contributed by atoms with E-state index < -0.39 is 0 Å². The number of aromatic amines is 2. The first-order valence-electron chi connectivity index (χ1n) is 7.29. The molecular weight excluding hydrogens is 294 g/mol. The van der Waals surface area contributed by atoms with Crippen LogP contribution in [-0.2, 0) is 11.2 Å². The lowest BCUT2D eigenvalue weighted by Crippen LogP contribution is -2.12. The van der Waals surface area contributed by atoms with Crippen molar-refractivity contribution in [1.82, 2.24) is 9.97 Å². The summed E-state index contributed by atoms with van der Waals surface area (Å²) < 4.78 is 5.17. The van der Waals surface area contributed by atoms with Gasteiger partial charge < -0.3 is 20.0 Å². The van der Waals surface area contributed by atoms with Crippen LogP contribution in [-0.4, -0.2) is 23.0 Å². The minimum atomic E-state index is -0.262. The summed E-state index contributed by atoms with van der Waals surface area (Å²) in [7, 11) is 1.62. The normalized spacial score (nSPS) is 10.7. The fraction of sp³-hybridized carbons (Fsp3) is 0.176. The number of carbonyl (C=O) groups is 1. The molecule has 0 aliphatic rings. The molecule has 0 aliphatic carbocycles. The molecule has 0 bridgehead atoms. The van der Waals surface area contributed by atoms with Crippen LogP contribution in [0.25, 0.3) is 11.0 Å². The Balaban J connectivity index is 1.62. The van der Waals surface area contributed by atoms with Gasteiger partial charge in [0.25, 0.3) is 0 Å². The molecule has 3 aromatic rings. The molecule has 0 spiro atoms. The van der Waals surface area contributed by atoms with E-state index >= 15 is 0 Å². The van der Waals surface area contributed by atoms with E-state index in [-0.39, 0.29) is 11.6 Å². The molecule has 1 aromatic heterocycles. The average Bonchev–Trinajstić information content (AvgIpc) is 2.92. The Morgan fingerprint density at radius 3 is 2.78 bits per heavy atom. The van der Waals surface area contributed by atoms with Gasteiger partial charge in [0.1, 0.15) is 5.75 Å². The van der Waals surface area contributed by atoms with E-state index in [0.717, 1.165) is 11.3 Å². The first kappa shape index (κ1) is 14.9. The van der Waals surface area contributed by atoms with Gasteiger partial charge in [0, 0.05) is 12.1 Å². The zero-order chi connectivity index (χ0) is 16.2. The number of hydrogen-bond donors (Lipinski definition) is 3. The number of ether oxygens (including phenoxy) is 1. The van der Waals surface area contributed by atoms with Crippen molar-refractivity contribution in [3.05, 3.63) is 58.5 Å². The number of amides is 1. The number of imidazole rings is 1. The van der Waals surface area contributed by atoms with E-state index in [9.17, 15) is 9.59 Å². The van der Waals surface area contributed by atoms with E-state index in [0.29, 0.717) is 29.6 Å². The molecular formula is C17H17N3O3. The Morgan fingerprint density at radius 2 is 1.96 bits per heavy atom. The molecule has 6 nitrogen and oxygen atoms in total. The number of H-pyrrole nitrogens is 2. The van der Waals surface area contributed by atoms with Crippen molar-refractivity contribution in [2.45, 2.75) is 12.8 Å². The summed E-state index contributed by atoms with van der Waals surface area (Å²) >= 11 is 0. The van der Waals surface area contributed by atoms with Crippen LogP contribution < -0.4 is 15.7 Å². The number of hydrogen-bond acceptors (Lipinski definition) is 3. The summed E-state index contributed by atoms with van der Waals surface area (Å²) in [5.41, 5.74) is 2.82.